The number of aromatic nitrogens is 2. The molecule has 0 unspecified atom stereocenters. The molecule has 1 aliphatic heterocycles. The Balaban J connectivity index is 2.09. The Hall–Kier alpha value is -1.66. The van der Waals surface area contributed by atoms with E-state index in [9.17, 15) is 0 Å². The summed E-state index contributed by atoms with van der Waals surface area (Å²) < 4.78 is 0.869. The van der Waals surface area contributed by atoms with Gasteiger partial charge < -0.3 is 4.90 Å². The van der Waals surface area contributed by atoms with Crippen LogP contribution in [-0.2, 0) is 6.42 Å². The molecule has 0 atom stereocenters. The van der Waals surface area contributed by atoms with E-state index in [1.165, 1.54) is 17.7 Å². The van der Waals surface area contributed by atoms with Crippen LogP contribution in [-0.4, -0.2) is 16.5 Å². The number of nitrogen functional groups attached to an aromatic ring is 1. The molecule has 3 N–H and O–H groups in total. The zero-order chi connectivity index (χ0) is 13.9. The second-order valence-corrected chi connectivity index (χ2v) is 5.60. The molecular weight excluding hydrogens is 318 g/mol. The summed E-state index contributed by atoms with van der Waals surface area (Å²) in [4.78, 5) is 10.8. The summed E-state index contributed by atoms with van der Waals surface area (Å²) in [6, 6.07) is 8.48. The van der Waals surface area contributed by atoms with Crippen molar-refractivity contribution in [3.63, 3.8) is 0 Å². The third-order valence-corrected chi connectivity index (χ3v) is 4.03. The van der Waals surface area contributed by atoms with Crippen LogP contribution in [0.1, 0.15) is 18.4 Å². The number of benzene rings is 1. The van der Waals surface area contributed by atoms with Gasteiger partial charge in [0.1, 0.15) is 0 Å². The normalized spacial score (nSPS) is 14.6. The Morgan fingerprint density at radius 1 is 1.25 bits per heavy atom. The molecule has 1 aromatic carbocycles. The van der Waals surface area contributed by atoms with E-state index >= 15 is 0 Å². The van der Waals surface area contributed by atoms with Gasteiger partial charge in [0.2, 0.25) is 5.95 Å². The van der Waals surface area contributed by atoms with Gasteiger partial charge in [-0.05, 0) is 46.8 Å². The van der Waals surface area contributed by atoms with Gasteiger partial charge in [0.25, 0.3) is 0 Å². The largest absolute Gasteiger partial charge is 0.325 e. The third kappa shape index (κ3) is 2.48. The van der Waals surface area contributed by atoms with Gasteiger partial charge in [-0.1, -0.05) is 18.2 Å². The maximum absolute atomic E-state index is 5.41. The van der Waals surface area contributed by atoms with Gasteiger partial charge in [-0.2, -0.15) is 4.98 Å². The van der Waals surface area contributed by atoms with Crippen molar-refractivity contribution in [1.29, 1.82) is 0 Å². The van der Waals surface area contributed by atoms with Crippen molar-refractivity contribution < 1.29 is 0 Å². The van der Waals surface area contributed by atoms with Gasteiger partial charge in [-0.15, -0.1) is 0 Å². The third-order valence-electron chi connectivity index (χ3n) is 3.47. The molecule has 0 saturated carbocycles. The standard InChI is InChI=1S/C14H16BrN5/c15-11-9-17-14(19-16)18-13(11)20-8-4-3-6-10-5-1-2-7-12(10)20/h1-2,5,7,9H,3-4,6,8,16H2,(H,17,18,19). The average Bonchev–Trinajstić information content (AvgIpc) is 2.70. The number of hydrogen-bond donors (Lipinski definition) is 2. The molecule has 0 bridgehead atoms. The minimum atomic E-state index is 0.421. The number of nitrogens with one attached hydrogen (secondary N) is 1. The maximum atomic E-state index is 5.41. The summed E-state index contributed by atoms with van der Waals surface area (Å²) in [6.45, 7) is 0.941. The SMILES string of the molecule is NNc1ncc(Br)c(N2CCCCc3ccccc32)n1. The lowest BCUT2D eigenvalue weighted by Gasteiger charge is -2.25. The average molecular weight is 334 g/mol. The number of nitrogens with two attached hydrogens (primary N) is 1. The highest BCUT2D eigenvalue weighted by Crippen LogP contribution is 2.35. The van der Waals surface area contributed by atoms with E-state index in [-0.39, 0.29) is 0 Å². The van der Waals surface area contributed by atoms with Crippen LogP contribution in [0.2, 0.25) is 0 Å². The molecule has 2 heterocycles. The van der Waals surface area contributed by atoms with Crippen molar-refractivity contribution in [3.05, 3.63) is 40.5 Å². The van der Waals surface area contributed by atoms with Crippen molar-refractivity contribution in [2.24, 2.45) is 5.84 Å². The molecule has 104 valence electrons. The summed E-state index contributed by atoms with van der Waals surface area (Å²) in [5.41, 5.74) is 5.08. The molecular formula is C14H16BrN5. The number of fused-ring (bicyclic) bond motifs is 1. The van der Waals surface area contributed by atoms with Crippen LogP contribution in [0.5, 0.6) is 0 Å². The van der Waals surface area contributed by atoms with Crippen molar-refractivity contribution >= 4 is 33.4 Å². The lowest BCUT2D eigenvalue weighted by molar-refractivity contribution is 0.756. The summed E-state index contributed by atoms with van der Waals surface area (Å²) in [5, 5.41) is 0. The minimum absolute atomic E-state index is 0.421. The van der Waals surface area contributed by atoms with E-state index in [1.807, 2.05) is 0 Å². The van der Waals surface area contributed by atoms with Crippen molar-refractivity contribution in [2.45, 2.75) is 19.3 Å². The zero-order valence-electron chi connectivity index (χ0n) is 11.0. The van der Waals surface area contributed by atoms with E-state index in [0.717, 1.165) is 29.7 Å². The number of rotatable bonds is 2. The van der Waals surface area contributed by atoms with E-state index in [0.29, 0.717) is 5.95 Å². The van der Waals surface area contributed by atoms with Crippen molar-refractivity contribution in [2.75, 3.05) is 16.9 Å². The number of aryl methyl sites for hydroxylation is 1. The number of halogens is 1. The zero-order valence-corrected chi connectivity index (χ0v) is 12.6. The number of hydrazine groups is 1. The molecule has 0 fully saturated rings. The summed E-state index contributed by atoms with van der Waals surface area (Å²) >= 11 is 3.54. The van der Waals surface area contributed by atoms with Gasteiger partial charge >= 0.3 is 0 Å². The Morgan fingerprint density at radius 2 is 2.10 bits per heavy atom. The molecule has 0 radical (unpaired) electrons. The predicted octanol–water partition coefficient (Wildman–Crippen LogP) is 3.00. The van der Waals surface area contributed by atoms with E-state index in [4.69, 9.17) is 5.84 Å². The number of para-hydroxylation sites is 1. The Bertz CT molecular complexity index is 616. The van der Waals surface area contributed by atoms with Gasteiger partial charge in [-0.3, -0.25) is 5.43 Å². The van der Waals surface area contributed by atoms with Crippen molar-refractivity contribution in [3.8, 4) is 0 Å². The van der Waals surface area contributed by atoms with Crippen LogP contribution in [0, 0.1) is 0 Å². The molecule has 3 rings (SSSR count). The molecule has 5 nitrogen and oxygen atoms in total. The molecule has 1 aromatic heterocycles. The monoisotopic (exact) mass is 333 g/mol. The van der Waals surface area contributed by atoms with Crippen LogP contribution < -0.4 is 16.2 Å². The number of anilines is 3. The van der Waals surface area contributed by atoms with E-state index in [1.54, 1.807) is 6.20 Å². The second-order valence-electron chi connectivity index (χ2n) is 4.75. The summed E-state index contributed by atoms with van der Waals surface area (Å²) in [5.74, 6) is 6.69. The molecule has 0 saturated heterocycles. The Morgan fingerprint density at radius 3 is 2.95 bits per heavy atom. The second kappa shape index (κ2) is 5.76. The van der Waals surface area contributed by atoms with Gasteiger partial charge in [-0.25, -0.2) is 10.8 Å². The van der Waals surface area contributed by atoms with Gasteiger partial charge in [0, 0.05) is 18.4 Å². The fourth-order valence-electron chi connectivity index (χ4n) is 2.53. The van der Waals surface area contributed by atoms with E-state index < -0.39 is 0 Å². The molecule has 0 amide bonds. The molecule has 1 aliphatic rings. The quantitative estimate of drug-likeness (QED) is 0.653. The van der Waals surface area contributed by atoms with Gasteiger partial charge in [0.15, 0.2) is 5.82 Å². The molecule has 2 aromatic rings. The lowest BCUT2D eigenvalue weighted by Crippen LogP contribution is -2.21. The highest BCUT2D eigenvalue weighted by Gasteiger charge is 2.20. The van der Waals surface area contributed by atoms with Crippen LogP contribution in [0.4, 0.5) is 17.5 Å². The first-order valence-corrected chi connectivity index (χ1v) is 7.43. The first-order valence-electron chi connectivity index (χ1n) is 6.64. The Kier molecular flexibility index (Phi) is 3.84. The first kappa shape index (κ1) is 13.3. The van der Waals surface area contributed by atoms with Crippen LogP contribution in [0.15, 0.2) is 34.9 Å². The molecule has 0 aliphatic carbocycles. The van der Waals surface area contributed by atoms with Crippen LogP contribution in [0.25, 0.3) is 0 Å². The fraction of sp³-hybridized carbons (Fsp3) is 0.286. The molecule has 20 heavy (non-hydrogen) atoms. The predicted molar refractivity (Wildman–Crippen MR) is 83.9 cm³/mol. The highest BCUT2D eigenvalue weighted by atomic mass is 79.9. The topological polar surface area (TPSA) is 67.1 Å². The van der Waals surface area contributed by atoms with E-state index in [2.05, 4.69) is 60.5 Å². The van der Waals surface area contributed by atoms with Crippen molar-refractivity contribution in [1.82, 2.24) is 9.97 Å². The minimum Gasteiger partial charge on any atom is -0.325 e. The summed E-state index contributed by atoms with van der Waals surface area (Å²) in [6.07, 6.45) is 5.16. The van der Waals surface area contributed by atoms with Gasteiger partial charge in [0.05, 0.1) is 4.47 Å². The maximum Gasteiger partial charge on any atom is 0.239 e. The van der Waals surface area contributed by atoms with Crippen LogP contribution >= 0.6 is 15.9 Å². The number of hydrogen-bond acceptors (Lipinski definition) is 5. The lowest BCUT2D eigenvalue weighted by atomic mass is 10.1. The molecule has 6 heteroatoms. The molecule has 0 spiro atoms. The highest BCUT2D eigenvalue weighted by molar-refractivity contribution is 9.10. The number of nitrogens with zero attached hydrogens (tertiary/aromatic N) is 3. The summed E-state index contributed by atoms with van der Waals surface area (Å²) in [7, 11) is 0. The van der Waals surface area contributed by atoms with Crippen LogP contribution in [0.3, 0.4) is 0 Å². The smallest absolute Gasteiger partial charge is 0.239 e. The first-order chi connectivity index (χ1) is 9.79. The fourth-order valence-corrected chi connectivity index (χ4v) is 2.93. The Labute approximate surface area is 126 Å².